The van der Waals surface area contributed by atoms with E-state index < -0.39 is 22.6 Å². The van der Waals surface area contributed by atoms with E-state index in [1.165, 1.54) is 24.3 Å². The number of benzene rings is 3. The highest BCUT2D eigenvalue weighted by molar-refractivity contribution is 7.86. The van der Waals surface area contributed by atoms with E-state index in [0.717, 1.165) is 55.7 Å². The van der Waals surface area contributed by atoms with Crippen molar-refractivity contribution in [2.24, 2.45) is 0 Å². The number of aromatic nitrogens is 1. The van der Waals surface area contributed by atoms with Crippen molar-refractivity contribution in [3.8, 4) is 11.5 Å². The molecule has 3 aromatic carbocycles. The predicted octanol–water partition coefficient (Wildman–Crippen LogP) is 5.35. The van der Waals surface area contributed by atoms with Crippen LogP contribution >= 0.6 is 0 Å². The van der Waals surface area contributed by atoms with Gasteiger partial charge in [-0.1, -0.05) is 18.2 Å². The van der Waals surface area contributed by atoms with Crippen molar-refractivity contribution in [3.63, 3.8) is 0 Å². The van der Waals surface area contributed by atoms with Crippen LogP contribution in [-0.4, -0.2) is 60.7 Å². The summed E-state index contributed by atoms with van der Waals surface area (Å²) >= 11 is 0. The molecule has 40 heavy (non-hydrogen) atoms. The number of anilines is 1. The minimum atomic E-state index is -1.86. The normalized spacial score (nSPS) is 14.7. The topological polar surface area (TPSA) is 72.9 Å². The molecular formula is C30H31F2N3O4S. The third kappa shape index (κ3) is 6.75. The Morgan fingerprint density at radius 2 is 1.82 bits per heavy atom. The Labute approximate surface area is 234 Å². The Kier molecular flexibility index (Phi) is 9.20. The molecule has 0 radical (unpaired) electrons. The highest BCUT2D eigenvalue weighted by Gasteiger charge is 2.15. The molecule has 1 saturated heterocycles. The van der Waals surface area contributed by atoms with E-state index >= 15 is 4.39 Å². The number of rotatable bonds is 11. The minimum absolute atomic E-state index is 0.00429. The zero-order chi connectivity index (χ0) is 27.9. The predicted molar refractivity (Wildman–Crippen MR) is 151 cm³/mol. The van der Waals surface area contributed by atoms with Crippen LogP contribution in [0.25, 0.3) is 10.9 Å². The van der Waals surface area contributed by atoms with Gasteiger partial charge in [0.25, 0.3) is 0 Å². The lowest BCUT2D eigenvalue weighted by atomic mass is 10.00. The lowest BCUT2D eigenvalue weighted by Gasteiger charge is -2.26. The Balaban J connectivity index is 1.28. The van der Waals surface area contributed by atoms with E-state index in [2.05, 4.69) is 14.6 Å². The number of nitrogens with zero attached hydrogens (tertiary/aromatic N) is 2. The molecule has 2 heterocycles. The van der Waals surface area contributed by atoms with E-state index in [0.29, 0.717) is 35.8 Å². The molecule has 4 aromatic rings. The van der Waals surface area contributed by atoms with Crippen LogP contribution < -0.4 is 14.2 Å². The molecule has 1 N–H and O–H groups in total. The Bertz CT molecular complexity index is 1500. The molecule has 1 atom stereocenters. The summed E-state index contributed by atoms with van der Waals surface area (Å²) in [5.74, 6) is 0.148. The molecular weight excluding hydrogens is 536 g/mol. The molecule has 0 aliphatic carbocycles. The van der Waals surface area contributed by atoms with Crippen LogP contribution in [0.5, 0.6) is 11.5 Å². The van der Waals surface area contributed by atoms with E-state index in [9.17, 15) is 8.60 Å². The second-order valence-electron chi connectivity index (χ2n) is 9.43. The monoisotopic (exact) mass is 567 g/mol. The van der Waals surface area contributed by atoms with E-state index in [-0.39, 0.29) is 4.90 Å². The van der Waals surface area contributed by atoms with Crippen molar-refractivity contribution < 1.29 is 27.2 Å². The Hall–Kier alpha value is -3.60. The molecule has 7 nitrogen and oxygen atoms in total. The molecule has 10 heteroatoms. The summed E-state index contributed by atoms with van der Waals surface area (Å²) in [6, 6.07) is 15.9. The van der Waals surface area contributed by atoms with Gasteiger partial charge in [0.15, 0.2) is 22.5 Å². The average molecular weight is 568 g/mol. The summed E-state index contributed by atoms with van der Waals surface area (Å²) < 4.78 is 61.3. The van der Waals surface area contributed by atoms with Gasteiger partial charge in [-0.3, -0.25) is 9.88 Å². The van der Waals surface area contributed by atoms with Crippen LogP contribution in [0.15, 0.2) is 71.8 Å². The van der Waals surface area contributed by atoms with Crippen molar-refractivity contribution in [2.75, 3.05) is 51.3 Å². The number of hydrogen-bond acceptors (Lipinski definition) is 6. The van der Waals surface area contributed by atoms with Gasteiger partial charge in [0.1, 0.15) is 11.6 Å². The summed E-state index contributed by atoms with van der Waals surface area (Å²) in [6.45, 7) is 4.92. The summed E-state index contributed by atoms with van der Waals surface area (Å²) in [7, 11) is -0.270. The number of morpholine rings is 1. The third-order valence-corrected chi connectivity index (χ3v) is 7.93. The van der Waals surface area contributed by atoms with Crippen LogP contribution in [0, 0.1) is 11.6 Å². The maximum atomic E-state index is 15.1. The molecule has 1 unspecified atom stereocenters. The lowest BCUT2D eigenvalue weighted by Crippen LogP contribution is -2.37. The van der Waals surface area contributed by atoms with Gasteiger partial charge < -0.3 is 18.9 Å². The van der Waals surface area contributed by atoms with E-state index in [1.54, 1.807) is 31.5 Å². The number of ether oxygens (including phenoxy) is 3. The molecule has 1 aromatic heterocycles. The first-order valence-corrected chi connectivity index (χ1v) is 14.3. The smallest absolute Gasteiger partial charge is 0.163 e. The summed E-state index contributed by atoms with van der Waals surface area (Å²) in [5.41, 5.74) is 2.34. The molecule has 0 bridgehead atoms. The van der Waals surface area contributed by atoms with Crippen LogP contribution in [0.1, 0.15) is 17.5 Å². The van der Waals surface area contributed by atoms with Crippen molar-refractivity contribution in [2.45, 2.75) is 17.7 Å². The zero-order valence-corrected chi connectivity index (χ0v) is 23.0. The van der Waals surface area contributed by atoms with Gasteiger partial charge in [0.05, 0.1) is 37.3 Å². The van der Waals surface area contributed by atoms with Crippen molar-refractivity contribution in [3.05, 3.63) is 89.6 Å². The second kappa shape index (κ2) is 13.2. The molecule has 0 amide bonds. The molecule has 5 rings (SSSR count). The zero-order valence-electron chi connectivity index (χ0n) is 22.2. The molecule has 0 saturated carbocycles. The fourth-order valence-electron chi connectivity index (χ4n) is 4.65. The second-order valence-corrected chi connectivity index (χ2v) is 10.6. The molecule has 1 aliphatic rings. The molecule has 1 aliphatic heterocycles. The van der Waals surface area contributed by atoms with E-state index in [4.69, 9.17) is 14.2 Å². The van der Waals surface area contributed by atoms with Gasteiger partial charge in [-0.15, -0.1) is 0 Å². The first-order chi connectivity index (χ1) is 19.5. The Morgan fingerprint density at radius 1 is 1.00 bits per heavy atom. The summed E-state index contributed by atoms with van der Waals surface area (Å²) in [4.78, 5) is 6.87. The largest absolute Gasteiger partial charge is 0.493 e. The maximum absolute atomic E-state index is 15.1. The quantitative estimate of drug-likeness (QED) is 0.247. The van der Waals surface area contributed by atoms with Gasteiger partial charge in [-0.25, -0.2) is 13.0 Å². The number of halogens is 2. The third-order valence-electron chi connectivity index (χ3n) is 6.78. The van der Waals surface area contributed by atoms with Gasteiger partial charge in [0.2, 0.25) is 0 Å². The molecule has 210 valence electrons. The number of hydrogen-bond donors (Lipinski definition) is 1. The fourth-order valence-corrected chi connectivity index (χ4v) is 5.55. The van der Waals surface area contributed by atoms with Crippen molar-refractivity contribution >= 4 is 27.6 Å². The summed E-state index contributed by atoms with van der Waals surface area (Å²) in [6.07, 6.45) is 2.88. The highest BCUT2D eigenvalue weighted by Crippen LogP contribution is 2.34. The van der Waals surface area contributed by atoms with Gasteiger partial charge in [0, 0.05) is 49.4 Å². The van der Waals surface area contributed by atoms with Crippen LogP contribution in [0.2, 0.25) is 0 Å². The van der Waals surface area contributed by atoms with Crippen LogP contribution in [-0.2, 0) is 22.1 Å². The first kappa shape index (κ1) is 27.9. The standard InChI is InChI=1S/C30H31F2N3O4S/c1-37-28-19-24-21(9-10-33-27(24)20-29(28)39-14-4-11-35-12-15-38-16-13-35)17-22-7-8-23(18-26(22)32)34-40(36)30-6-3-2-5-25(30)31/h2-3,5-10,18-20,34H,4,11-17H2,1H3. The maximum Gasteiger partial charge on any atom is 0.163 e. The van der Waals surface area contributed by atoms with E-state index in [1.807, 2.05) is 18.2 Å². The van der Waals surface area contributed by atoms with Crippen molar-refractivity contribution in [1.29, 1.82) is 0 Å². The van der Waals surface area contributed by atoms with Gasteiger partial charge in [-0.2, -0.15) is 0 Å². The Morgan fingerprint density at radius 3 is 2.60 bits per heavy atom. The van der Waals surface area contributed by atoms with Crippen LogP contribution in [0.4, 0.5) is 14.5 Å². The highest BCUT2D eigenvalue weighted by atomic mass is 32.2. The number of nitrogens with one attached hydrogen (secondary N) is 1. The number of pyridine rings is 1. The number of methoxy groups -OCH3 is 1. The summed E-state index contributed by atoms with van der Waals surface area (Å²) in [5, 5.41) is 0.835. The lowest BCUT2D eigenvalue weighted by molar-refractivity contribution is 0.0357. The first-order valence-electron chi connectivity index (χ1n) is 13.1. The number of fused-ring (bicyclic) bond motifs is 1. The van der Waals surface area contributed by atoms with Gasteiger partial charge >= 0.3 is 0 Å². The average Bonchev–Trinajstić information content (AvgIpc) is 2.97. The minimum Gasteiger partial charge on any atom is -0.493 e. The molecule has 1 fully saturated rings. The fraction of sp³-hybridized carbons (Fsp3) is 0.300. The van der Waals surface area contributed by atoms with Gasteiger partial charge in [-0.05, 0) is 53.9 Å². The SMILES string of the molecule is COc1cc2c(Cc3ccc(NS(=O)c4ccccc4F)cc3F)ccnc2cc1OCCCN1CCOCC1. The molecule has 0 spiro atoms. The van der Waals surface area contributed by atoms with Crippen molar-refractivity contribution in [1.82, 2.24) is 9.88 Å². The van der Waals surface area contributed by atoms with Crippen LogP contribution in [0.3, 0.4) is 0 Å².